The number of ether oxygens (including phenoxy) is 1. The zero-order valence-electron chi connectivity index (χ0n) is 8.19. The zero-order chi connectivity index (χ0) is 10.3. The van der Waals surface area contributed by atoms with E-state index in [4.69, 9.17) is 16.3 Å². The van der Waals surface area contributed by atoms with Crippen LogP contribution in [0.2, 0.25) is 5.02 Å². The molecule has 3 nitrogen and oxygen atoms in total. The van der Waals surface area contributed by atoms with Crippen LogP contribution in [0.5, 0.6) is 0 Å². The first-order valence-corrected chi connectivity index (χ1v) is 5.38. The van der Waals surface area contributed by atoms with Crippen LogP contribution in [0, 0.1) is 0 Å². The van der Waals surface area contributed by atoms with Gasteiger partial charge in [0.2, 0.25) is 0 Å². The summed E-state index contributed by atoms with van der Waals surface area (Å²) in [5, 5.41) is 0.797. The fourth-order valence-corrected chi connectivity index (χ4v) is 2.29. The normalized spacial score (nSPS) is 23.5. The fourth-order valence-electron chi connectivity index (χ4n) is 2.06. The van der Waals surface area contributed by atoms with Crippen molar-refractivity contribution in [1.29, 1.82) is 0 Å². The monoisotopic (exact) mass is 222 g/mol. The minimum absolute atomic E-state index is 0.00458. The van der Waals surface area contributed by atoms with Gasteiger partial charge in [0.05, 0.1) is 19.5 Å². The summed E-state index contributed by atoms with van der Waals surface area (Å²) in [5.41, 5.74) is 2.29. The van der Waals surface area contributed by atoms with E-state index in [1.54, 1.807) is 0 Å². The van der Waals surface area contributed by atoms with Gasteiger partial charge in [-0.05, 0) is 6.07 Å². The highest BCUT2D eigenvalue weighted by Gasteiger charge is 2.29. The first-order chi connectivity index (χ1) is 7.36. The molecule has 0 aromatic heterocycles. The molecule has 2 aliphatic rings. The second kappa shape index (κ2) is 3.51. The lowest BCUT2D eigenvalue weighted by atomic mass is 10.1. The van der Waals surface area contributed by atoms with Crippen molar-refractivity contribution in [1.82, 2.24) is 4.90 Å². The van der Waals surface area contributed by atoms with E-state index in [2.05, 4.69) is 16.0 Å². The number of hydrogen-bond donors (Lipinski definition) is 0. The highest BCUT2D eigenvalue weighted by atomic mass is 35.5. The largest absolute Gasteiger partial charge is 0.349 e. The Labute approximate surface area is 93.3 Å². The average molecular weight is 223 g/mol. The van der Waals surface area contributed by atoms with Gasteiger partial charge < -0.3 is 9.64 Å². The molecule has 1 atom stereocenters. The van der Waals surface area contributed by atoms with Gasteiger partial charge in [0.1, 0.15) is 0 Å². The minimum Gasteiger partial charge on any atom is -0.349 e. The number of fused-ring (bicyclic) bond motifs is 1. The molecule has 2 aliphatic heterocycles. The molecule has 1 unspecified atom stereocenters. The van der Waals surface area contributed by atoms with E-state index >= 15 is 0 Å². The molecule has 2 heterocycles. The SMILES string of the molecule is Clc1cccc2c1COC2N1C=NCC1. The van der Waals surface area contributed by atoms with Crippen molar-refractivity contribution in [2.45, 2.75) is 12.8 Å². The van der Waals surface area contributed by atoms with E-state index in [0.717, 1.165) is 23.7 Å². The quantitative estimate of drug-likeness (QED) is 0.728. The maximum absolute atomic E-state index is 6.11. The molecular weight excluding hydrogens is 212 g/mol. The lowest BCUT2D eigenvalue weighted by Gasteiger charge is -2.22. The maximum atomic E-state index is 6.11. The van der Waals surface area contributed by atoms with Crippen molar-refractivity contribution in [2.75, 3.05) is 13.1 Å². The van der Waals surface area contributed by atoms with Gasteiger partial charge in [0.15, 0.2) is 6.23 Å². The molecular formula is C11H11ClN2O. The van der Waals surface area contributed by atoms with Crippen molar-refractivity contribution < 1.29 is 4.74 Å². The van der Waals surface area contributed by atoms with Gasteiger partial charge in [-0.3, -0.25) is 4.99 Å². The van der Waals surface area contributed by atoms with Crippen molar-refractivity contribution in [3.05, 3.63) is 34.3 Å². The van der Waals surface area contributed by atoms with Crippen molar-refractivity contribution in [3.63, 3.8) is 0 Å². The molecule has 1 aromatic rings. The average Bonchev–Trinajstić information content (AvgIpc) is 2.85. The summed E-state index contributed by atoms with van der Waals surface area (Å²) in [6.45, 7) is 2.39. The van der Waals surface area contributed by atoms with Gasteiger partial charge in [-0.25, -0.2) is 0 Å². The Bertz CT molecular complexity index is 419. The van der Waals surface area contributed by atoms with Gasteiger partial charge in [-0.2, -0.15) is 0 Å². The van der Waals surface area contributed by atoms with Crippen LogP contribution >= 0.6 is 11.6 Å². The minimum atomic E-state index is 0.00458. The fraction of sp³-hybridized carbons (Fsp3) is 0.364. The summed E-state index contributed by atoms with van der Waals surface area (Å²) in [6.07, 6.45) is 1.87. The van der Waals surface area contributed by atoms with Gasteiger partial charge in [0.25, 0.3) is 0 Å². The molecule has 0 saturated carbocycles. The number of nitrogens with zero attached hydrogens (tertiary/aromatic N) is 2. The van der Waals surface area contributed by atoms with Crippen LogP contribution in [-0.4, -0.2) is 24.3 Å². The molecule has 0 amide bonds. The standard InChI is InChI=1S/C11H11ClN2O/c12-10-3-1-2-8-9(10)6-15-11(8)14-5-4-13-7-14/h1-3,7,11H,4-6H2. The predicted molar refractivity (Wildman–Crippen MR) is 59.0 cm³/mol. The Morgan fingerprint density at radius 1 is 1.47 bits per heavy atom. The Hall–Kier alpha value is -1.06. The van der Waals surface area contributed by atoms with Gasteiger partial charge >= 0.3 is 0 Å². The second-order valence-electron chi connectivity index (χ2n) is 3.73. The molecule has 0 aliphatic carbocycles. The summed E-state index contributed by atoms with van der Waals surface area (Å²) >= 11 is 6.11. The van der Waals surface area contributed by atoms with Crippen LogP contribution < -0.4 is 0 Å². The summed E-state index contributed by atoms with van der Waals surface area (Å²) < 4.78 is 5.74. The molecule has 4 heteroatoms. The Morgan fingerprint density at radius 3 is 3.20 bits per heavy atom. The topological polar surface area (TPSA) is 24.8 Å². The molecule has 0 radical (unpaired) electrons. The Kier molecular flexibility index (Phi) is 2.15. The molecule has 0 bridgehead atoms. The van der Waals surface area contributed by atoms with Gasteiger partial charge in [0, 0.05) is 22.7 Å². The van der Waals surface area contributed by atoms with Crippen LogP contribution in [0.3, 0.4) is 0 Å². The van der Waals surface area contributed by atoms with E-state index in [-0.39, 0.29) is 6.23 Å². The second-order valence-corrected chi connectivity index (χ2v) is 4.14. The van der Waals surface area contributed by atoms with Crippen molar-refractivity contribution in [3.8, 4) is 0 Å². The van der Waals surface area contributed by atoms with E-state index in [0.29, 0.717) is 6.61 Å². The molecule has 3 rings (SSSR count). The maximum Gasteiger partial charge on any atom is 0.158 e. The van der Waals surface area contributed by atoms with Gasteiger partial charge in [-0.15, -0.1) is 0 Å². The summed E-state index contributed by atoms with van der Waals surface area (Å²) in [7, 11) is 0. The molecule has 0 saturated heterocycles. The van der Waals surface area contributed by atoms with E-state index in [9.17, 15) is 0 Å². The van der Waals surface area contributed by atoms with Gasteiger partial charge in [-0.1, -0.05) is 23.7 Å². The van der Waals surface area contributed by atoms with Crippen LogP contribution in [-0.2, 0) is 11.3 Å². The highest BCUT2D eigenvalue weighted by molar-refractivity contribution is 6.31. The lowest BCUT2D eigenvalue weighted by Crippen LogP contribution is -2.25. The Morgan fingerprint density at radius 2 is 2.40 bits per heavy atom. The third-order valence-corrected chi connectivity index (χ3v) is 3.18. The summed E-state index contributed by atoms with van der Waals surface area (Å²) in [5.74, 6) is 0. The molecule has 0 spiro atoms. The number of halogens is 1. The molecule has 1 aromatic carbocycles. The van der Waals surface area contributed by atoms with Crippen molar-refractivity contribution in [2.24, 2.45) is 4.99 Å². The smallest absolute Gasteiger partial charge is 0.158 e. The summed E-state index contributed by atoms with van der Waals surface area (Å²) in [4.78, 5) is 6.31. The first-order valence-electron chi connectivity index (χ1n) is 5.01. The van der Waals surface area contributed by atoms with E-state index < -0.39 is 0 Å². The summed E-state index contributed by atoms with van der Waals surface area (Å²) in [6, 6.07) is 5.95. The predicted octanol–water partition coefficient (Wildman–Crippen LogP) is 2.21. The number of hydrogen-bond acceptors (Lipinski definition) is 3. The van der Waals surface area contributed by atoms with E-state index in [1.165, 1.54) is 5.56 Å². The van der Waals surface area contributed by atoms with Crippen LogP contribution in [0.25, 0.3) is 0 Å². The molecule has 0 fully saturated rings. The highest BCUT2D eigenvalue weighted by Crippen LogP contribution is 2.36. The lowest BCUT2D eigenvalue weighted by molar-refractivity contribution is -0.0101. The Balaban J connectivity index is 1.97. The van der Waals surface area contributed by atoms with Crippen molar-refractivity contribution >= 4 is 17.9 Å². The molecule has 0 N–H and O–H groups in total. The van der Waals surface area contributed by atoms with E-state index in [1.807, 2.05) is 18.5 Å². The van der Waals surface area contributed by atoms with Crippen LogP contribution in [0.4, 0.5) is 0 Å². The number of benzene rings is 1. The third-order valence-electron chi connectivity index (χ3n) is 2.83. The zero-order valence-corrected chi connectivity index (χ0v) is 8.94. The molecule has 15 heavy (non-hydrogen) atoms. The first kappa shape index (κ1) is 9.19. The third kappa shape index (κ3) is 1.43. The van der Waals surface area contributed by atoms with Crippen LogP contribution in [0.15, 0.2) is 23.2 Å². The number of aliphatic imine (C=N–C) groups is 1. The van der Waals surface area contributed by atoms with Crippen LogP contribution in [0.1, 0.15) is 17.4 Å². The number of rotatable bonds is 1. The molecule has 78 valence electrons.